The van der Waals surface area contributed by atoms with Gasteiger partial charge in [-0.15, -0.1) is 0 Å². The third-order valence-corrected chi connectivity index (χ3v) is 2.80. The molecule has 0 aliphatic heterocycles. The number of rotatable bonds is 6. The van der Waals surface area contributed by atoms with Crippen LogP contribution in [0.15, 0.2) is 6.33 Å². The molecule has 9 nitrogen and oxygen atoms in total. The lowest BCUT2D eigenvalue weighted by Crippen LogP contribution is -2.49. The van der Waals surface area contributed by atoms with Crippen molar-refractivity contribution >= 4 is 22.9 Å². The highest BCUT2D eigenvalue weighted by molar-refractivity contribution is 5.84. The SMILES string of the molecule is CNc1nc(NC(CO)(CO)CO)c2[nH]cnc2n1. The van der Waals surface area contributed by atoms with Crippen molar-refractivity contribution in [3.8, 4) is 0 Å². The molecule has 19 heavy (non-hydrogen) atoms. The van der Waals surface area contributed by atoms with Crippen molar-refractivity contribution in [3.05, 3.63) is 6.33 Å². The van der Waals surface area contributed by atoms with Gasteiger partial charge in [-0.2, -0.15) is 9.97 Å². The van der Waals surface area contributed by atoms with E-state index in [9.17, 15) is 15.3 Å². The summed E-state index contributed by atoms with van der Waals surface area (Å²) in [5.41, 5.74) is -0.305. The summed E-state index contributed by atoms with van der Waals surface area (Å²) in [6.45, 7) is -1.35. The molecule has 0 atom stereocenters. The van der Waals surface area contributed by atoms with E-state index in [4.69, 9.17) is 0 Å². The Kier molecular flexibility index (Phi) is 3.79. The quantitative estimate of drug-likeness (QED) is 0.373. The van der Waals surface area contributed by atoms with E-state index >= 15 is 0 Å². The molecule has 0 fully saturated rings. The van der Waals surface area contributed by atoms with Gasteiger partial charge in [0.2, 0.25) is 5.95 Å². The fourth-order valence-corrected chi connectivity index (χ4v) is 1.56. The summed E-state index contributed by atoms with van der Waals surface area (Å²) in [5.74, 6) is 0.675. The van der Waals surface area contributed by atoms with Gasteiger partial charge in [0.15, 0.2) is 11.5 Å². The predicted octanol–water partition coefficient (Wildman–Crippen LogP) is -1.48. The molecular formula is C10H16N6O3. The van der Waals surface area contributed by atoms with Gasteiger partial charge in [-0.1, -0.05) is 0 Å². The fourth-order valence-electron chi connectivity index (χ4n) is 1.56. The molecule has 0 unspecified atom stereocenters. The van der Waals surface area contributed by atoms with Gasteiger partial charge in [-0.25, -0.2) is 4.98 Å². The zero-order chi connectivity index (χ0) is 13.9. The minimum Gasteiger partial charge on any atom is -0.394 e. The lowest BCUT2D eigenvalue weighted by atomic mass is 10.0. The fraction of sp³-hybridized carbons (Fsp3) is 0.500. The van der Waals surface area contributed by atoms with Crippen LogP contribution in [-0.2, 0) is 0 Å². The van der Waals surface area contributed by atoms with E-state index in [2.05, 4.69) is 30.6 Å². The maximum absolute atomic E-state index is 9.32. The molecule has 2 rings (SSSR count). The number of aliphatic hydroxyl groups excluding tert-OH is 3. The summed E-state index contributed by atoms with van der Waals surface area (Å²) in [4.78, 5) is 15.2. The number of hydrogen-bond acceptors (Lipinski definition) is 8. The predicted molar refractivity (Wildman–Crippen MR) is 68.8 cm³/mol. The molecule has 9 heteroatoms. The highest BCUT2D eigenvalue weighted by Gasteiger charge is 2.29. The number of fused-ring (bicyclic) bond motifs is 1. The van der Waals surface area contributed by atoms with Gasteiger partial charge < -0.3 is 30.9 Å². The number of aliphatic hydroxyl groups is 3. The number of H-pyrrole nitrogens is 1. The van der Waals surface area contributed by atoms with Crippen LogP contribution in [0.4, 0.5) is 11.8 Å². The van der Waals surface area contributed by atoms with Crippen LogP contribution in [0, 0.1) is 0 Å². The molecule has 6 N–H and O–H groups in total. The summed E-state index contributed by atoms with van der Waals surface area (Å²) in [6.07, 6.45) is 1.46. The third kappa shape index (κ3) is 2.43. The maximum Gasteiger partial charge on any atom is 0.226 e. The number of aromatic amines is 1. The largest absolute Gasteiger partial charge is 0.394 e. The Hall–Kier alpha value is -1.97. The molecule has 2 aromatic rings. The van der Waals surface area contributed by atoms with Gasteiger partial charge in [-0.3, -0.25) is 0 Å². The first-order chi connectivity index (χ1) is 9.18. The number of hydrogen-bond donors (Lipinski definition) is 6. The zero-order valence-corrected chi connectivity index (χ0v) is 10.4. The molecule has 0 bridgehead atoms. The van der Waals surface area contributed by atoms with Gasteiger partial charge in [0.1, 0.15) is 11.1 Å². The lowest BCUT2D eigenvalue weighted by Gasteiger charge is -2.29. The molecule has 2 heterocycles. The number of nitrogens with one attached hydrogen (secondary N) is 3. The lowest BCUT2D eigenvalue weighted by molar-refractivity contribution is 0.0832. The Bertz CT molecular complexity index is 545. The summed E-state index contributed by atoms with van der Waals surface area (Å²) in [5, 5.41) is 33.6. The number of imidazole rings is 1. The van der Waals surface area contributed by atoms with E-state index in [1.54, 1.807) is 7.05 Å². The monoisotopic (exact) mass is 268 g/mol. The smallest absolute Gasteiger partial charge is 0.226 e. The Labute approximate surface area is 108 Å². The first kappa shape index (κ1) is 13.5. The molecule has 0 spiro atoms. The molecular weight excluding hydrogens is 252 g/mol. The highest BCUT2D eigenvalue weighted by Crippen LogP contribution is 2.21. The van der Waals surface area contributed by atoms with Gasteiger partial charge in [0, 0.05) is 7.05 Å². The molecule has 104 valence electrons. The van der Waals surface area contributed by atoms with E-state index < -0.39 is 25.4 Å². The normalized spacial score (nSPS) is 11.8. The van der Waals surface area contributed by atoms with Crippen molar-refractivity contribution in [1.82, 2.24) is 19.9 Å². The summed E-state index contributed by atoms with van der Waals surface area (Å²) in [6, 6.07) is 0. The van der Waals surface area contributed by atoms with Crippen molar-refractivity contribution in [2.45, 2.75) is 5.54 Å². The topological polar surface area (TPSA) is 139 Å². The van der Waals surface area contributed by atoms with Crippen molar-refractivity contribution in [2.75, 3.05) is 37.5 Å². The molecule has 0 aliphatic carbocycles. The van der Waals surface area contributed by atoms with E-state index in [0.29, 0.717) is 22.9 Å². The summed E-state index contributed by atoms with van der Waals surface area (Å²) < 4.78 is 0. The average molecular weight is 268 g/mol. The van der Waals surface area contributed by atoms with Crippen molar-refractivity contribution < 1.29 is 15.3 Å². The molecule has 0 amide bonds. The first-order valence-electron chi connectivity index (χ1n) is 5.67. The number of nitrogens with zero attached hydrogens (tertiary/aromatic N) is 3. The highest BCUT2D eigenvalue weighted by atomic mass is 16.3. The molecule has 0 radical (unpaired) electrons. The minimum atomic E-state index is -1.27. The maximum atomic E-state index is 9.32. The van der Waals surface area contributed by atoms with Gasteiger partial charge in [-0.05, 0) is 0 Å². The minimum absolute atomic E-state index is 0.337. The second kappa shape index (κ2) is 5.34. The van der Waals surface area contributed by atoms with Crippen LogP contribution in [0.1, 0.15) is 0 Å². The van der Waals surface area contributed by atoms with Crippen LogP contribution < -0.4 is 10.6 Å². The van der Waals surface area contributed by atoms with Gasteiger partial charge in [0.05, 0.1) is 26.1 Å². The molecule has 0 saturated carbocycles. The van der Waals surface area contributed by atoms with Gasteiger partial charge >= 0.3 is 0 Å². The van der Waals surface area contributed by atoms with Crippen molar-refractivity contribution in [3.63, 3.8) is 0 Å². The van der Waals surface area contributed by atoms with E-state index in [0.717, 1.165) is 0 Å². The second-order valence-corrected chi connectivity index (χ2v) is 4.13. The Morgan fingerprint density at radius 2 is 1.89 bits per heavy atom. The first-order valence-corrected chi connectivity index (χ1v) is 5.67. The Morgan fingerprint density at radius 3 is 2.47 bits per heavy atom. The molecule has 0 saturated heterocycles. The molecule has 0 aliphatic rings. The third-order valence-electron chi connectivity index (χ3n) is 2.80. The number of anilines is 2. The summed E-state index contributed by atoms with van der Waals surface area (Å²) in [7, 11) is 1.66. The number of aromatic nitrogens is 4. The van der Waals surface area contributed by atoms with Crippen LogP contribution in [0.5, 0.6) is 0 Å². The molecule has 0 aromatic carbocycles. The van der Waals surface area contributed by atoms with Crippen molar-refractivity contribution in [2.24, 2.45) is 0 Å². The van der Waals surface area contributed by atoms with Gasteiger partial charge in [0.25, 0.3) is 0 Å². The van der Waals surface area contributed by atoms with Crippen LogP contribution in [0.2, 0.25) is 0 Å². The zero-order valence-electron chi connectivity index (χ0n) is 10.4. The van der Waals surface area contributed by atoms with Crippen LogP contribution >= 0.6 is 0 Å². The van der Waals surface area contributed by atoms with Crippen LogP contribution in [0.25, 0.3) is 11.2 Å². The Morgan fingerprint density at radius 1 is 1.21 bits per heavy atom. The molecule has 2 aromatic heterocycles. The van der Waals surface area contributed by atoms with Crippen LogP contribution in [-0.4, -0.2) is 67.7 Å². The average Bonchev–Trinajstić information content (AvgIpc) is 2.93. The van der Waals surface area contributed by atoms with E-state index in [1.165, 1.54) is 6.33 Å². The van der Waals surface area contributed by atoms with Crippen molar-refractivity contribution in [1.29, 1.82) is 0 Å². The standard InChI is InChI=1S/C10H16N6O3/c1-11-9-14-7-6(12-5-13-7)8(15-9)16-10(2-17,3-18)4-19/h5,17-19H,2-4H2,1H3,(H3,11,12,13,14,15,16). The van der Waals surface area contributed by atoms with E-state index in [1.807, 2.05) is 0 Å². The van der Waals surface area contributed by atoms with Crippen LogP contribution in [0.3, 0.4) is 0 Å². The Balaban J connectivity index is 2.46. The summed E-state index contributed by atoms with van der Waals surface area (Å²) >= 11 is 0. The van der Waals surface area contributed by atoms with E-state index in [-0.39, 0.29) is 0 Å². The second-order valence-electron chi connectivity index (χ2n) is 4.13.